The van der Waals surface area contributed by atoms with Gasteiger partial charge in [0.1, 0.15) is 5.69 Å². The Morgan fingerprint density at radius 3 is 2.27 bits per heavy atom. The van der Waals surface area contributed by atoms with E-state index in [4.69, 9.17) is 0 Å². The molecule has 0 aliphatic rings. The Balaban J connectivity index is 1.70. The zero-order chi connectivity index (χ0) is 18.5. The summed E-state index contributed by atoms with van der Waals surface area (Å²) in [6, 6.07) is 18.9. The number of hydrogen-bond donors (Lipinski definition) is 2. The molecule has 2 aromatic carbocycles. The second-order valence-corrected chi connectivity index (χ2v) is 6.05. The van der Waals surface area contributed by atoms with E-state index in [1.807, 2.05) is 60.7 Å². The zero-order valence-corrected chi connectivity index (χ0v) is 14.9. The van der Waals surface area contributed by atoms with Crippen molar-refractivity contribution in [3.63, 3.8) is 0 Å². The number of carbonyl (C=O) groups is 1. The van der Waals surface area contributed by atoms with Crippen LogP contribution in [0.3, 0.4) is 0 Å². The van der Waals surface area contributed by atoms with E-state index in [0.717, 1.165) is 17.7 Å². The van der Waals surface area contributed by atoms with Gasteiger partial charge in [-0.1, -0.05) is 48.5 Å². The van der Waals surface area contributed by atoms with Gasteiger partial charge in [0.05, 0.1) is 11.4 Å². The fraction of sp³-hybridized carbons (Fsp3) is 0.200. The fourth-order valence-corrected chi connectivity index (χ4v) is 2.84. The first-order valence-corrected chi connectivity index (χ1v) is 8.50. The number of amides is 2. The van der Waals surface area contributed by atoms with Crippen molar-refractivity contribution < 1.29 is 4.79 Å². The Morgan fingerprint density at radius 1 is 1.00 bits per heavy atom. The van der Waals surface area contributed by atoms with Gasteiger partial charge < -0.3 is 10.6 Å². The minimum Gasteiger partial charge on any atom is -0.338 e. The van der Waals surface area contributed by atoms with Gasteiger partial charge >= 0.3 is 6.03 Å². The molecule has 0 bridgehead atoms. The summed E-state index contributed by atoms with van der Waals surface area (Å²) in [6.45, 7) is 2.30. The van der Waals surface area contributed by atoms with Crippen LogP contribution >= 0.6 is 0 Å². The molecule has 0 atom stereocenters. The molecule has 0 saturated carbocycles. The molecule has 0 saturated heterocycles. The molecule has 0 unspecified atom stereocenters. The van der Waals surface area contributed by atoms with Crippen LogP contribution in [0.25, 0.3) is 5.69 Å². The number of para-hydroxylation sites is 1. The maximum Gasteiger partial charge on any atom is 0.319 e. The van der Waals surface area contributed by atoms with Crippen LogP contribution in [0.5, 0.6) is 0 Å². The van der Waals surface area contributed by atoms with Gasteiger partial charge in [-0.05, 0) is 31.0 Å². The van der Waals surface area contributed by atoms with Crippen molar-refractivity contribution in [3.05, 3.63) is 82.3 Å². The number of rotatable bonds is 5. The predicted octanol–water partition coefficient (Wildman–Crippen LogP) is 2.85. The summed E-state index contributed by atoms with van der Waals surface area (Å²) in [5, 5.41) is 5.49. The molecule has 3 aromatic rings. The van der Waals surface area contributed by atoms with Crippen LogP contribution in [0.1, 0.15) is 11.3 Å². The molecule has 0 spiro atoms. The normalized spacial score (nSPS) is 10.5. The van der Waals surface area contributed by atoms with Gasteiger partial charge in [-0.2, -0.15) is 0 Å². The number of nitrogens with one attached hydrogen (secondary N) is 2. The van der Waals surface area contributed by atoms with Crippen LogP contribution in [0.4, 0.5) is 10.5 Å². The van der Waals surface area contributed by atoms with Crippen molar-refractivity contribution in [2.24, 2.45) is 7.05 Å². The number of hydrogen-bond acceptors (Lipinski definition) is 2. The van der Waals surface area contributed by atoms with Crippen LogP contribution in [0, 0.1) is 6.92 Å². The van der Waals surface area contributed by atoms with Gasteiger partial charge in [0.15, 0.2) is 0 Å². The fourth-order valence-electron chi connectivity index (χ4n) is 2.84. The average molecular weight is 350 g/mol. The number of aromatic nitrogens is 2. The largest absolute Gasteiger partial charge is 0.338 e. The Morgan fingerprint density at radius 2 is 1.62 bits per heavy atom. The molecule has 0 aliphatic heterocycles. The highest BCUT2D eigenvalue weighted by Gasteiger charge is 2.17. The summed E-state index contributed by atoms with van der Waals surface area (Å²) in [7, 11) is 1.79. The van der Waals surface area contributed by atoms with Gasteiger partial charge in [-0.25, -0.2) is 9.48 Å². The van der Waals surface area contributed by atoms with E-state index in [2.05, 4.69) is 10.6 Å². The molecular weight excluding hydrogens is 328 g/mol. The molecule has 0 fully saturated rings. The minimum atomic E-state index is -0.382. The van der Waals surface area contributed by atoms with Gasteiger partial charge in [0.2, 0.25) is 0 Å². The van der Waals surface area contributed by atoms with Crippen LogP contribution < -0.4 is 16.2 Å². The highest BCUT2D eigenvalue weighted by Crippen LogP contribution is 2.13. The SMILES string of the molecule is Cc1c(NC(=O)NCCc2ccccc2)c(=O)n(-c2ccccc2)n1C. The Labute approximate surface area is 152 Å². The third kappa shape index (κ3) is 3.69. The summed E-state index contributed by atoms with van der Waals surface area (Å²) >= 11 is 0. The molecule has 0 aliphatic carbocycles. The quantitative estimate of drug-likeness (QED) is 0.743. The molecule has 1 aromatic heterocycles. The highest BCUT2D eigenvalue weighted by molar-refractivity contribution is 5.89. The summed E-state index contributed by atoms with van der Waals surface area (Å²) < 4.78 is 3.27. The van der Waals surface area contributed by atoms with Crippen LogP contribution in [0.15, 0.2) is 65.5 Å². The molecule has 0 radical (unpaired) electrons. The van der Waals surface area contributed by atoms with Crippen molar-refractivity contribution in [1.29, 1.82) is 0 Å². The van der Waals surface area contributed by atoms with Crippen molar-refractivity contribution >= 4 is 11.7 Å². The number of carbonyl (C=O) groups excluding carboxylic acids is 1. The van der Waals surface area contributed by atoms with Gasteiger partial charge in [-0.15, -0.1) is 0 Å². The summed E-state index contributed by atoms with van der Waals surface area (Å²) in [6.07, 6.45) is 0.732. The molecule has 1 heterocycles. The van der Waals surface area contributed by atoms with Crippen molar-refractivity contribution in [3.8, 4) is 5.69 Å². The van der Waals surface area contributed by atoms with Crippen LogP contribution in [-0.2, 0) is 13.5 Å². The van der Waals surface area contributed by atoms with Crippen molar-refractivity contribution in [2.45, 2.75) is 13.3 Å². The third-order valence-corrected chi connectivity index (χ3v) is 4.33. The van der Waals surface area contributed by atoms with E-state index in [9.17, 15) is 9.59 Å². The first kappa shape index (κ1) is 17.5. The first-order valence-electron chi connectivity index (χ1n) is 8.50. The molecule has 3 rings (SSSR count). The number of benzene rings is 2. The third-order valence-electron chi connectivity index (χ3n) is 4.33. The standard InChI is InChI=1S/C20H22N4O2/c1-15-18(19(25)24(23(15)2)17-11-7-4-8-12-17)22-20(26)21-14-13-16-9-5-3-6-10-16/h3-12H,13-14H2,1-2H3,(H2,21,22,26). The molecule has 134 valence electrons. The van der Waals surface area contributed by atoms with E-state index in [0.29, 0.717) is 12.2 Å². The van der Waals surface area contributed by atoms with Gasteiger partial charge in [0.25, 0.3) is 5.56 Å². The molecular formula is C20H22N4O2. The molecule has 2 N–H and O–H groups in total. The lowest BCUT2D eigenvalue weighted by molar-refractivity contribution is 0.252. The average Bonchev–Trinajstić information content (AvgIpc) is 2.87. The minimum absolute atomic E-state index is 0.255. The van der Waals surface area contributed by atoms with Crippen LogP contribution in [-0.4, -0.2) is 21.9 Å². The topological polar surface area (TPSA) is 68.1 Å². The first-order chi connectivity index (χ1) is 12.6. The summed E-state index contributed by atoms with van der Waals surface area (Å²) in [5.74, 6) is 0. The Bertz CT molecular complexity index is 943. The van der Waals surface area contributed by atoms with Crippen molar-refractivity contribution in [2.75, 3.05) is 11.9 Å². The lowest BCUT2D eigenvalue weighted by Gasteiger charge is -2.07. The molecule has 6 nitrogen and oxygen atoms in total. The van der Waals surface area contributed by atoms with Gasteiger partial charge in [0, 0.05) is 13.6 Å². The summed E-state index contributed by atoms with van der Waals surface area (Å²) in [5.41, 5.74) is 2.62. The highest BCUT2D eigenvalue weighted by atomic mass is 16.2. The number of nitrogens with zero attached hydrogens (tertiary/aromatic N) is 2. The molecule has 2 amide bonds. The summed E-state index contributed by atoms with van der Waals surface area (Å²) in [4.78, 5) is 24.9. The lowest BCUT2D eigenvalue weighted by Crippen LogP contribution is -2.32. The van der Waals surface area contributed by atoms with Crippen molar-refractivity contribution in [1.82, 2.24) is 14.7 Å². The van der Waals surface area contributed by atoms with Gasteiger partial charge in [-0.3, -0.25) is 9.48 Å². The second-order valence-electron chi connectivity index (χ2n) is 6.05. The van der Waals surface area contributed by atoms with E-state index >= 15 is 0 Å². The number of urea groups is 1. The Hall–Kier alpha value is -3.28. The predicted molar refractivity (Wildman–Crippen MR) is 103 cm³/mol. The van der Waals surface area contributed by atoms with E-state index < -0.39 is 0 Å². The van der Waals surface area contributed by atoms with E-state index in [1.54, 1.807) is 18.7 Å². The zero-order valence-electron chi connectivity index (χ0n) is 14.9. The maximum absolute atomic E-state index is 12.7. The smallest absolute Gasteiger partial charge is 0.319 e. The lowest BCUT2D eigenvalue weighted by atomic mass is 10.1. The second kappa shape index (κ2) is 7.74. The van der Waals surface area contributed by atoms with E-state index in [-0.39, 0.29) is 17.3 Å². The van der Waals surface area contributed by atoms with E-state index in [1.165, 1.54) is 4.68 Å². The Kier molecular flexibility index (Phi) is 5.22. The molecule has 6 heteroatoms. The maximum atomic E-state index is 12.7. The number of anilines is 1. The molecule has 26 heavy (non-hydrogen) atoms. The van der Waals surface area contributed by atoms with Crippen LogP contribution in [0.2, 0.25) is 0 Å². The monoisotopic (exact) mass is 350 g/mol.